The third kappa shape index (κ3) is 6.05. The zero-order valence-corrected chi connectivity index (χ0v) is 17.0. The molecule has 0 atom stereocenters. The normalized spacial score (nSPS) is 12.4. The smallest absolute Gasteiger partial charge is 0.416 e. The van der Waals surface area contributed by atoms with Gasteiger partial charge in [-0.05, 0) is 51.0 Å². The average Bonchev–Trinajstić information content (AvgIpc) is 3.15. The van der Waals surface area contributed by atoms with E-state index < -0.39 is 32.8 Å². The molecule has 0 fully saturated rings. The Hall–Kier alpha value is -2.37. The zero-order chi connectivity index (χ0) is 21.8. The molecule has 7 nitrogen and oxygen atoms in total. The number of likely N-dealkylation sites (N-methyl/N-ethyl adjacent to an activating group) is 1. The van der Waals surface area contributed by atoms with Crippen LogP contribution >= 0.6 is 0 Å². The molecule has 2 rings (SSSR count). The van der Waals surface area contributed by atoms with Crippen molar-refractivity contribution in [2.45, 2.75) is 17.8 Å². The van der Waals surface area contributed by atoms with Gasteiger partial charge in [-0.25, -0.2) is 13.1 Å². The van der Waals surface area contributed by atoms with Gasteiger partial charge in [0, 0.05) is 19.6 Å². The number of rotatable bonds is 8. The molecule has 0 spiro atoms. The van der Waals surface area contributed by atoms with Crippen molar-refractivity contribution >= 4 is 15.9 Å². The molecule has 0 radical (unpaired) electrons. The lowest BCUT2D eigenvalue weighted by Crippen LogP contribution is -2.36. The lowest BCUT2D eigenvalue weighted by atomic mass is 10.1. The van der Waals surface area contributed by atoms with Gasteiger partial charge in [0.2, 0.25) is 5.09 Å². The van der Waals surface area contributed by atoms with E-state index in [4.69, 9.17) is 4.42 Å². The van der Waals surface area contributed by atoms with Gasteiger partial charge in [-0.3, -0.25) is 4.79 Å². The second-order valence-electron chi connectivity index (χ2n) is 6.55. The largest absolute Gasteiger partial charge is 0.438 e. The minimum Gasteiger partial charge on any atom is -0.438 e. The fraction of sp³-hybridized carbons (Fsp3) is 0.389. The molecule has 0 bridgehead atoms. The number of furan rings is 1. The Balaban J connectivity index is 2.30. The van der Waals surface area contributed by atoms with Crippen molar-refractivity contribution < 1.29 is 30.8 Å². The standard InChI is InChI=1S/C18H22F3N3O4S/c1-22-29(26,27)16-8-7-15(28-16)17(25)24(10-9-23(2)3)12-13-5-4-6-14(11-13)18(19,20)21/h4-8,11,22H,9-10,12H2,1-3H3. The Labute approximate surface area is 167 Å². The van der Waals surface area contributed by atoms with Gasteiger partial charge in [0.25, 0.3) is 15.9 Å². The fourth-order valence-electron chi connectivity index (χ4n) is 2.48. The third-order valence-electron chi connectivity index (χ3n) is 4.06. The van der Waals surface area contributed by atoms with E-state index in [9.17, 15) is 26.4 Å². The summed E-state index contributed by atoms with van der Waals surface area (Å²) >= 11 is 0. The van der Waals surface area contributed by atoms with E-state index in [0.717, 1.165) is 18.2 Å². The number of halogens is 3. The van der Waals surface area contributed by atoms with Gasteiger partial charge in [-0.1, -0.05) is 12.1 Å². The number of alkyl halides is 3. The van der Waals surface area contributed by atoms with E-state index in [2.05, 4.69) is 4.72 Å². The maximum Gasteiger partial charge on any atom is 0.416 e. The van der Waals surface area contributed by atoms with Crippen molar-refractivity contribution in [2.24, 2.45) is 0 Å². The molecule has 29 heavy (non-hydrogen) atoms. The van der Waals surface area contributed by atoms with Crippen molar-refractivity contribution in [1.82, 2.24) is 14.5 Å². The first kappa shape index (κ1) is 22.9. The summed E-state index contributed by atoms with van der Waals surface area (Å²) in [6, 6.07) is 7.07. The number of nitrogens with one attached hydrogen (secondary N) is 1. The number of benzene rings is 1. The van der Waals surface area contributed by atoms with Crippen molar-refractivity contribution in [3.8, 4) is 0 Å². The minimum atomic E-state index is -4.49. The molecule has 0 aliphatic carbocycles. The first-order valence-electron chi connectivity index (χ1n) is 8.57. The van der Waals surface area contributed by atoms with Gasteiger partial charge in [0.05, 0.1) is 5.56 Å². The number of carbonyl (C=O) groups is 1. The highest BCUT2D eigenvalue weighted by molar-refractivity contribution is 7.89. The first-order chi connectivity index (χ1) is 13.4. The first-order valence-corrected chi connectivity index (χ1v) is 10.1. The van der Waals surface area contributed by atoms with Crippen LogP contribution in [-0.4, -0.2) is 58.4 Å². The SMILES string of the molecule is CNS(=O)(=O)c1ccc(C(=O)N(CCN(C)C)Cc2cccc(C(F)(F)F)c2)o1. The Kier molecular flexibility index (Phi) is 7.09. The summed E-state index contributed by atoms with van der Waals surface area (Å²) < 4.78 is 69.7. The van der Waals surface area contributed by atoms with Crippen LogP contribution in [0.2, 0.25) is 0 Å². The molecule has 0 aliphatic heterocycles. The van der Waals surface area contributed by atoms with Crippen LogP contribution in [-0.2, 0) is 22.7 Å². The fourth-order valence-corrected chi connectivity index (χ4v) is 3.12. The minimum absolute atomic E-state index is 0.0919. The summed E-state index contributed by atoms with van der Waals surface area (Å²) in [4.78, 5) is 16.0. The van der Waals surface area contributed by atoms with Crippen LogP contribution in [0.4, 0.5) is 13.2 Å². The molecule has 2 aromatic rings. The van der Waals surface area contributed by atoms with E-state index in [1.165, 1.54) is 30.1 Å². The molecule has 0 unspecified atom stereocenters. The second-order valence-corrected chi connectivity index (χ2v) is 8.37. The molecule has 11 heteroatoms. The third-order valence-corrected chi connectivity index (χ3v) is 5.34. The van der Waals surface area contributed by atoms with Crippen molar-refractivity contribution in [3.05, 3.63) is 53.3 Å². The van der Waals surface area contributed by atoms with Crippen LogP contribution in [0.15, 0.2) is 45.9 Å². The molecule has 1 amide bonds. The number of sulfonamides is 1. The van der Waals surface area contributed by atoms with Gasteiger partial charge in [-0.2, -0.15) is 13.2 Å². The Morgan fingerprint density at radius 1 is 1.14 bits per heavy atom. The Bertz CT molecular complexity index is 955. The van der Waals surface area contributed by atoms with E-state index in [0.29, 0.717) is 12.1 Å². The maximum absolute atomic E-state index is 13.0. The van der Waals surface area contributed by atoms with Crippen molar-refractivity contribution in [1.29, 1.82) is 0 Å². The highest BCUT2D eigenvalue weighted by atomic mass is 32.2. The molecule has 1 aromatic carbocycles. The molecular formula is C18H22F3N3O4S. The zero-order valence-electron chi connectivity index (χ0n) is 16.2. The summed E-state index contributed by atoms with van der Waals surface area (Å²) in [5.41, 5.74) is -0.517. The molecule has 0 aliphatic rings. The van der Waals surface area contributed by atoms with Crippen LogP contribution in [0.25, 0.3) is 0 Å². The number of amides is 1. The van der Waals surface area contributed by atoms with Gasteiger partial charge < -0.3 is 14.2 Å². The predicted molar refractivity (Wildman–Crippen MR) is 99.7 cm³/mol. The van der Waals surface area contributed by atoms with Crippen LogP contribution in [0.5, 0.6) is 0 Å². The molecule has 1 heterocycles. The van der Waals surface area contributed by atoms with Crippen molar-refractivity contribution in [3.63, 3.8) is 0 Å². The highest BCUT2D eigenvalue weighted by Gasteiger charge is 2.31. The molecule has 1 N–H and O–H groups in total. The lowest BCUT2D eigenvalue weighted by Gasteiger charge is -2.24. The maximum atomic E-state index is 13.0. The van der Waals surface area contributed by atoms with Crippen LogP contribution in [0.3, 0.4) is 0 Å². The Morgan fingerprint density at radius 3 is 2.41 bits per heavy atom. The van der Waals surface area contributed by atoms with Crippen molar-refractivity contribution in [2.75, 3.05) is 34.2 Å². The monoisotopic (exact) mass is 433 g/mol. The highest BCUT2D eigenvalue weighted by Crippen LogP contribution is 2.30. The van der Waals surface area contributed by atoms with Gasteiger partial charge in [-0.15, -0.1) is 0 Å². The predicted octanol–water partition coefficient (Wildman–Crippen LogP) is 2.41. The van der Waals surface area contributed by atoms with E-state index in [-0.39, 0.29) is 18.8 Å². The van der Waals surface area contributed by atoms with E-state index >= 15 is 0 Å². The Morgan fingerprint density at radius 2 is 1.83 bits per heavy atom. The van der Waals surface area contributed by atoms with Crippen LogP contribution in [0.1, 0.15) is 21.7 Å². The second kappa shape index (κ2) is 8.97. The number of hydrogen-bond acceptors (Lipinski definition) is 5. The number of nitrogens with zero attached hydrogens (tertiary/aromatic N) is 2. The van der Waals surface area contributed by atoms with E-state index in [1.807, 2.05) is 4.90 Å². The molecule has 1 aromatic heterocycles. The summed E-state index contributed by atoms with van der Waals surface area (Å²) in [6.07, 6.45) is -4.49. The number of carbonyl (C=O) groups excluding carboxylic acids is 1. The van der Waals surface area contributed by atoms with E-state index in [1.54, 1.807) is 14.1 Å². The van der Waals surface area contributed by atoms with Gasteiger partial charge >= 0.3 is 6.18 Å². The molecule has 0 saturated heterocycles. The van der Waals surface area contributed by atoms with Gasteiger partial charge in [0.15, 0.2) is 5.76 Å². The average molecular weight is 433 g/mol. The summed E-state index contributed by atoms with van der Waals surface area (Å²) in [5.74, 6) is -0.841. The van der Waals surface area contributed by atoms with Gasteiger partial charge in [0.1, 0.15) is 0 Å². The molecule has 0 saturated carbocycles. The quantitative estimate of drug-likeness (QED) is 0.691. The van der Waals surface area contributed by atoms with Crippen LogP contribution in [0, 0.1) is 0 Å². The summed E-state index contributed by atoms with van der Waals surface area (Å²) in [5, 5.41) is -0.421. The molecular weight excluding hydrogens is 411 g/mol. The lowest BCUT2D eigenvalue weighted by molar-refractivity contribution is -0.137. The summed E-state index contributed by atoms with van der Waals surface area (Å²) in [6.45, 7) is 0.565. The topological polar surface area (TPSA) is 82.9 Å². The summed E-state index contributed by atoms with van der Waals surface area (Å²) in [7, 11) is 0.919. The molecule has 160 valence electrons. The number of hydrogen-bond donors (Lipinski definition) is 1. The van der Waals surface area contributed by atoms with Crippen LogP contribution < -0.4 is 4.72 Å².